The Bertz CT molecular complexity index is 301. The fourth-order valence-electron chi connectivity index (χ4n) is 0.923. The number of aryl methyl sites for hydroxylation is 1. The molecule has 0 spiro atoms. The summed E-state index contributed by atoms with van der Waals surface area (Å²) in [6.07, 6.45) is 0. The van der Waals surface area contributed by atoms with Crippen molar-refractivity contribution in [1.29, 1.82) is 0 Å². The average Bonchev–Trinajstić information content (AvgIpc) is 2.07. The van der Waals surface area contributed by atoms with Gasteiger partial charge in [-0.1, -0.05) is 17.7 Å². The highest BCUT2D eigenvalue weighted by molar-refractivity contribution is 6.62. The molecule has 0 saturated carbocycles. The molecular weight excluding hydrogens is 219 g/mol. The van der Waals surface area contributed by atoms with E-state index >= 15 is 0 Å². The number of hydrogen-bond acceptors (Lipinski definition) is 1. The number of rotatable bonds is 0. The minimum Gasteiger partial charge on any atom is -0.282 e. The smallest absolute Gasteiger partial charge is 0.218 e. The van der Waals surface area contributed by atoms with Crippen molar-refractivity contribution in [3.8, 4) is 0 Å². The van der Waals surface area contributed by atoms with Gasteiger partial charge in [0, 0.05) is 11.9 Å². The van der Waals surface area contributed by atoms with Gasteiger partial charge in [-0.3, -0.25) is 4.79 Å². The Morgan fingerprint density at radius 3 is 1.93 bits per heavy atom. The lowest BCUT2D eigenvalue weighted by Crippen LogP contribution is -1.85. The predicted molar refractivity (Wildman–Crippen MR) is 62.2 cm³/mol. The summed E-state index contributed by atoms with van der Waals surface area (Å²) in [5.74, 6) is 0. The Kier molecular flexibility index (Phi) is 5.82. The number of halogens is 2. The zero-order valence-electron chi connectivity index (χ0n) is 8.82. The van der Waals surface area contributed by atoms with Crippen LogP contribution in [0.1, 0.15) is 23.6 Å². The molecule has 0 amide bonds. The second-order valence-electron chi connectivity index (χ2n) is 3.08. The number of carbonyl (C=O) groups excluding carboxylic acids is 1. The van der Waals surface area contributed by atoms with Crippen LogP contribution in [0.3, 0.4) is 0 Å². The molecule has 0 heterocycles. The van der Waals surface area contributed by atoms with Crippen LogP contribution in [0.25, 0.3) is 0 Å². The maximum atomic E-state index is 9.21. The van der Waals surface area contributed by atoms with Gasteiger partial charge in [-0.05, 0) is 55.1 Å². The van der Waals surface area contributed by atoms with E-state index in [9.17, 15) is 4.79 Å². The summed E-state index contributed by atoms with van der Waals surface area (Å²) in [5.41, 5.74) is 3.80. The third-order valence-electron chi connectivity index (χ3n) is 1.99. The van der Waals surface area contributed by atoms with Crippen molar-refractivity contribution in [2.24, 2.45) is 0 Å². The molecular formula is C11H14Cl2O. The van der Waals surface area contributed by atoms with Gasteiger partial charge >= 0.3 is 0 Å². The average molecular weight is 233 g/mol. The monoisotopic (exact) mass is 232 g/mol. The Morgan fingerprint density at radius 2 is 1.57 bits per heavy atom. The molecule has 14 heavy (non-hydrogen) atoms. The van der Waals surface area contributed by atoms with E-state index in [0.717, 1.165) is 5.02 Å². The molecule has 0 bridgehead atoms. The van der Waals surface area contributed by atoms with Crippen LogP contribution in [-0.4, -0.2) is 5.24 Å². The number of carbonyl (C=O) groups is 1. The van der Waals surface area contributed by atoms with Gasteiger partial charge in [0.05, 0.1) is 0 Å². The van der Waals surface area contributed by atoms with Crippen molar-refractivity contribution in [3.63, 3.8) is 0 Å². The van der Waals surface area contributed by atoms with Crippen LogP contribution in [0, 0.1) is 20.8 Å². The van der Waals surface area contributed by atoms with E-state index in [1.54, 1.807) is 0 Å². The van der Waals surface area contributed by atoms with Crippen LogP contribution < -0.4 is 0 Å². The molecule has 0 fully saturated rings. The second kappa shape index (κ2) is 6.05. The van der Waals surface area contributed by atoms with Gasteiger partial charge in [0.2, 0.25) is 5.24 Å². The van der Waals surface area contributed by atoms with Crippen molar-refractivity contribution in [3.05, 3.63) is 33.8 Å². The molecule has 0 unspecified atom stereocenters. The maximum Gasteiger partial charge on any atom is 0.218 e. The van der Waals surface area contributed by atoms with Gasteiger partial charge in [-0.15, -0.1) is 0 Å². The van der Waals surface area contributed by atoms with Crippen LogP contribution in [0.5, 0.6) is 0 Å². The summed E-state index contributed by atoms with van der Waals surface area (Å²) in [7, 11) is 0. The summed E-state index contributed by atoms with van der Waals surface area (Å²) in [5, 5.41) is 0.503. The summed E-state index contributed by atoms with van der Waals surface area (Å²) in [6, 6.07) is 3.99. The minimum atomic E-state index is -0.361. The lowest BCUT2D eigenvalue weighted by Gasteiger charge is -2.04. The molecule has 0 radical (unpaired) electrons. The quantitative estimate of drug-likeness (QED) is 0.618. The van der Waals surface area contributed by atoms with E-state index in [4.69, 9.17) is 11.6 Å². The molecule has 0 aromatic heterocycles. The first-order valence-electron chi connectivity index (χ1n) is 4.24. The van der Waals surface area contributed by atoms with E-state index in [2.05, 4.69) is 25.4 Å². The molecule has 0 aliphatic carbocycles. The third kappa shape index (κ3) is 4.64. The normalized spacial score (nSPS) is 9.00. The Balaban J connectivity index is 0.000000364. The maximum absolute atomic E-state index is 9.21. The fourth-order valence-corrected chi connectivity index (χ4v) is 1.13. The first-order chi connectivity index (χ1) is 6.36. The van der Waals surface area contributed by atoms with Gasteiger partial charge in [0.25, 0.3) is 0 Å². The highest BCUT2D eigenvalue weighted by Crippen LogP contribution is 2.20. The molecule has 0 N–H and O–H groups in total. The summed E-state index contributed by atoms with van der Waals surface area (Å²) >= 11 is 10.5. The zero-order chi connectivity index (χ0) is 11.3. The first-order valence-corrected chi connectivity index (χ1v) is 5.00. The fraction of sp³-hybridized carbons (Fsp3) is 0.364. The van der Waals surface area contributed by atoms with E-state index in [1.165, 1.54) is 23.6 Å². The highest BCUT2D eigenvalue weighted by Gasteiger charge is 1.99. The van der Waals surface area contributed by atoms with E-state index in [0.29, 0.717) is 0 Å². The lowest BCUT2D eigenvalue weighted by atomic mass is 10.1. The molecule has 1 aromatic rings. The molecule has 0 aliphatic rings. The predicted octanol–water partition coefficient (Wildman–Crippen LogP) is 4.04. The molecule has 1 nitrogen and oxygen atoms in total. The topological polar surface area (TPSA) is 17.1 Å². The van der Waals surface area contributed by atoms with Crippen LogP contribution in [0.2, 0.25) is 5.02 Å². The summed E-state index contributed by atoms with van der Waals surface area (Å²) < 4.78 is 0. The van der Waals surface area contributed by atoms with Crippen molar-refractivity contribution < 1.29 is 4.79 Å². The van der Waals surface area contributed by atoms with Crippen LogP contribution in [0.15, 0.2) is 12.1 Å². The molecule has 1 rings (SSSR count). The van der Waals surface area contributed by atoms with Crippen LogP contribution in [0.4, 0.5) is 0 Å². The summed E-state index contributed by atoms with van der Waals surface area (Å²) in [4.78, 5) is 9.21. The molecule has 0 saturated heterocycles. The Hall–Kier alpha value is -0.530. The minimum absolute atomic E-state index is 0.361. The van der Waals surface area contributed by atoms with Crippen molar-refractivity contribution in [1.82, 2.24) is 0 Å². The standard InChI is InChI=1S/C9H11Cl.C2H3ClO/c1-6-4-5-9(10)8(3)7(6)2;1-2(3)4/h4-5H,1-3H3;1H3. The van der Waals surface area contributed by atoms with Crippen molar-refractivity contribution in [2.45, 2.75) is 27.7 Å². The first kappa shape index (κ1) is 13.5. The van der Waals surface area contributed by atoms with Crippen molar-refractivity contribution in [2.75, 3.05) is 0 Å². The highest BCUT2D eigenvalue weighted by atomic mass is 35.5. The van der Waals surface area contributed by atoms with E-state index in [-0.39, 0.29) is 5.24 Å². The van der Waals surface area contributed by atoms with Gasteiger partial charge in [-0.2, -0.15) is 0 Å². The Morgan fingerprint density at radius 1 is 1.14 bits per heavy atom. The molecule has 0 atom stereocenters. The molecule has 1 aromatic carbocycles. The number of benzene rings is 1. The number of hydrogen-bond donors (Lipinski definition) is 0. The van der Waals surface area contributed by atoms with Gasteiger partial charge in [0.15, 0.2) is 0 Å². The molecule has 78 valence electrons. The summed E-state index contributed by atoms with van der Waals surface area (Å²) in [6.45, 7) is 7.53. The largest absolute Gasteiger partial charge is 0.282 e. The van der Waals surface area contributed by atoms with Gasteiger partial charge in [-0.25, -0.2) is 0 Å². The van der Waals surface area contributed by atoms with Crippen LogP contribution in [-0.2, 0) is 4.79 Å². The van der Waals surface area contributed by atoms with Gasteiger partial charge < -0.3 is 0 Å². The van der Waals surface area contributed by atoms with Gasteiger partial charge in [0.1, 0.15) is 0 Å². The van der Waals surface area contributed by atoms with E-state index < -0.39 is 0 Å². The third-order valence-corrected chi connectivity index (χ3v) is 2.40. The second-order valence-corrected chi connectivity index (χ2v) is 4.02. The van der Waals surface area contributed by atoms with E-state index in [1.807, 2.05) is 19.1 Å². The Labute approximate surface area is 95.0 Å². The molecule has 0 aliphatic heterocycles. The lowest BCUT2D eigenvalue weighted by molar-refractivity contribution is -0.109. The molecule has 3 heteroatoms. The van der Waals surface area contributed by atoms with Crippen molar-refractivity contribution >= 4 is 28.4 Å². The van der Waals surface area contributed by atoms with Crippen LogP contribution >= 0.6 is 23.2 Å². The SMILES string of the molecule is CC(=O)Cl.Cc1ccc(Cl)c(C)c1C. The zero-order valence-corrected chi connectivity index (χ0v) is 10.3.